The lowest BCUT2D eigenvalue weighted by Gasteiger charge is -2.29. The molecular weight excluding hydrogens is 614 g/mol. The minimum Gasteiger partial charge on any atom is -0.379 e. The van der Waals surface area contributed by atoms with E-state index in [0.29, 0.717) is 82.9 Å². The predicted molar refractivity (Wildman–Crippen MR) is 170 cm³/mol. The number of hydrogen-bond donors (Lipinski definition) is 3. The summed E-state index contributed by atoms with van der Waals surface area (Å²) < 4.78 is 33.1. The van der Waals surface area contributed by atoms with Crippen LogP contribution in [0.25, 0.3) is 0 Å². The number of carbonyl (C=O) groups is 4. The number of piperazine rings is 1. The molecule has 3 N–H and O–H groups in total. The molecule has 3 heterocycles. The Kier molecular flexibility index (Phi) is 16.5. The molecule has 2 fully saturated rings. The molecule has 15 heteroatoms. The topological polar surface area (TPSA) is 166 Å². The van der Waals surface area contributed by atoms with E-state index in [0.717, 1.165) is 39.3 Å². The Labute approximate surface area is 275 Å². The van der Waals surface area contributed by atoms with Crippen LogP contribution in [0.4, 0.5) is 5.69 Å². The van der Waals surface area contributed by atoms with E-state index >= 15 is 0 Å². The van der Waals surface area contributed by atoms with Gasteiger partial charge < -0.3 is 44.0 Å². The number of nitrogens with zero attached hydrogens (tertiary/aromatic N) is 2. The minimum absolute atomic E-state index is 0.132. The summed E-state index contributed by atoms with van der Waals surface area (Å²) in [5.74, 6) is -1.35. The number of ether oxygens (including phenoxy) is 6. The fourth-order valence-electron chi connectivity index (χ4n) is 5.41. The molecule has 0 aromatic heterocycles. The van der Waals surface area contributed by atoms with Crippen LogP contribution >= 0.6 is 0 Å². The lowest BCUT2D eigenvalue weighted by atomic mass is 10.0. The first-order chi connectivity index (χ1) is 23.0. The summed E-state index contributed by atoms with van der Waals surface area (Å²) in [6.07, 6.45) is 0.592. The molecule has 262 valence electrons. The smallest absolute Gasteiger partial charge is 0.255 e. The number of nitrogens with one attached hydrogen (secondary N) is 3. The molecule has 4 amide bonds. The van der Waals surface area contributed by atoms with E-state index in [2.05, 4.69) is 20.9 Å². The van der Waals surface area contributed by atoms with Gasteiger partial charge in [-0.2, -0.15) is 0 Å². The molecule has 0 saturated carbocycles. The van der Waals surface area contributed by atoms with Crippen LogP contribution < -0.4 is 16.0 Å². The third kappa shape index (κ3) is 12.8. The summed E-state index contributed by atoms with van der Waals surface area (Å²) in [5.41, 5.74) is 1.62. The molecule has 1 aromatic carbocycles. The van der Waals surface area contributed by atoms with Gasteiger partial charge in [0, 0.05) is 62.5 Å². The normalized spacial score (nSPS) is 18.4. The Hall–Kier alpha value is -3.02. The SMILES string of the molecule is O=C1CCC(N2Cc3c(NC(=O)CCOCCOCCOCCOCCOCCOCCN4CCNCC4)cccc3C2=O)C(=O)N1. The average Bonchev–Trinajstić information content (AvgIpc) is 3.41. The Morgan fingerprint density at radius 1 is 0.787 bits per heavy atom. The summed E-state index contributed by atoms with van der Waals surface area (Å²) in [5, 5.41) is 8.48. The standard InChI is InChI=1S/C32H49N5O10/c38-29-5-4-28(31(40)35-29)37-24-26-25(32(37)41)2-1-3-27(26)34-30(39)6-12-42-14-16-44-18-20-46-22-23-47-21-19-45-17-15-43-13-11-36-9-7-33-8-10-36/h1-3,28,33H,4-24H2,(H,34,39)(H,35,38,40). The van der Waals surface area contributed by atoms with E-state index in [-0.39, 0.29) is 50.1 Å². The zero-order valence-electron chi connectivity index (χ0n) is 27.1. The highest BCUT2D eigenvalue weighted by Crippen LogP contribution is 2.32. The first kappa shape index (κ1) is 36.8. The fourth-order valence-corrected chi connectivity index (χ4v) is 5.41. The average molecular weight is 664 g/mol. The monoisotopic (exact) mass is 663 g/mol. The number of rotatable bonds is 23. The van der Waals surface area contributed by atoms with Gasteiger partial charge in [0.05, 0.1) is 85.7 Å². The highest BCUT2D eigenvalue weighted by Gasteiger charge is 2.39. The van der Waals surface area contributed by atoms with E-state index in [4.69, 9.17) is 28.4 Å². The molecule has 4 rings (SSSR count). The second-order valence-electron chi connectivity index (χ2n) is 11.3. The van der Waals surface area contributed by atoms with Gasteiger partial charge in [-0.25, -0.2) is 0 Å². The Bertz CT molecular complexity index is 1150. The third-order valence-electron chi connectivity index (χ3n) is 7.95. The molecule has 0 bridgehead atoms. The summed E-state index contributed by atoms with van der Waals surface area (Å²) in [4.78, 5) is 53.1. The van der Waals surface area contributed by atoms with Crippen molar-refractivity contribution in [3.8, 4) is 0 Å². The second kappa shape index (κ2) is 21.1. The van der Waals surface area contributed by atoms with Crippen molar-refractivity contribution in [1.29, 1.82) is 0 Å². The van der Waals surface area contributed by atoms with Gasteiger partial charge in [0.25, 0.3) is 5.91 Å². The third-order valence-corrected chi connectivity index (χ3v) is 7.95. The van der Waals surface area contributed by atoms with Crippen LogP contribution in [-0.4, -0.2) is 151 Å². The molecular formula is C32H49N5O10. The maximum absolute atomic E-state index is 12.9. The summed E-state index contributed by atoms with van der Waals surface area (Å²) in [6.45, 7) is 11.1. The molecule has 1 aromatic rings. The van der Waals surface area contributed by atoms with E-state index < -0.39 is 11.9 Å². The van der Waals surface area contributed by atoms with Crippen LogP contribution in [0.5, 0.6) is 0 Å². The van der Waals surface area contributed by atoms with Crippen molar-refractivity contribution >= 4 is 29.3 Å². The van der Waals surface area contributed by atoms with Crippen LogP contribution in [-0.2, 0) is 49.3 Å². The molecule has 1 atom stereocenters. The molecule has 47 heavy (non-hydrogen) atoms. The van der Waals surface area contributed by atoms with E-state index in [1.807, 2.05) is 0 Å². The largest absolute Gasteiger partial charge is 0.379 e. The van der Waals surface area contributed by atoms with Crippen LogP contribution in [0, 0.1) is 0 Å². The lowest BCUT2D eigenvalue weighted by molar-refractivity contribution is -0.137. The van der Waals surface area contributed by atoms with Crippen LogP contribution in [0.2, 0.25) is 0 Å². The van der Waals surface area contributed by atoms with Gasteiger partial charge in [-0.05, 0) is 18.6 Å². The highest BCUT2D eigenvalue weighted by molar-refractivity contribution is 6.06. The zero-order valence-corrected chi connectivity index (χ0v) is 27.1. The number of imide groups is 1. The van der Waals surface area contributed by atoms with E-state index in [9.17, 15) is 19.2 Å². The van der Waals surface area contributed by atoms with Gasteiger partial charge in [-0.1, -0.05) is 6.07 Å². The zero-order chi connectivity index (χ0) is 33.1. The van der Waals surface area contributed by atoms with Gasteiger partial charge in [0.2, 0.25) is 17.7 Å². The molecule has 2 saturated heterocycles. The van der Waals surface area contributed by atoms with Crippen molar-refractivity contribution in [2.75, 3.05) is 117 Å². The van der Waals surface area contributed by atoms with Crippen LogP contribution in [0.3, 0.4) is 0 Å². The Morgan fingerprint density at radius 3 is 1.96 bits per heavy atom. The molecule has 0 radical (unpaired) electrons. The summed E-state index contributed by atoms with van der Waals surface area (Å²) in [7, 11) is 0. The van der Waals surface area contributed by atoms with Crippen molar-refractivity contribution in [3.63, 3.8) is 0 Å². The van der Waals surface area contributed by atoms with Crippen molar-refractivity contribution in [1.82, 2.24) is 20.4 Å². The maximum Gasteiger partial charge on any atom is 0.255 e. The van der Waals surface area contributed by atoms with Gasteiger partial charge >= 0.3 is 0 Å². The first-order valence-corrected chi connectivity index (χ1v) is 16.5. The molecule has 3 aliphatic rings. The summed E-state index contributed by atoms with van der Waals surface area (Å²) >= 11 is 0. The predicted octanol–water partition coefficient (Wildman–Crippen LogP) is -0.219. The minimum atomic E-state index is -0.711. The van der Waals surface area contributed by atoms with E-state index in [1.165, 1.54) is 4.90 Å². The molecule has 15 nitrogen and oxygen atoms in total. The number of anilines is 1. The Balaban J connectivity index is 0.922. The van der Waals surface area contributed by atoms with Crippen molar-refractivity contribution < 1.29 is 47.6 Å². The van der Waals surface area contributed by atoms with Gasteiger partial charge in [-0.3, -0.25) is 29.4 Å². The number of amides is 4. The number of hydrogen-bond acceptors (Lipinski definition) is 12. The number of carbonyl (C=O) groups excluding carboxylic acids is 4. The maximum atomic E-state index is 12.9. The van der Waals surface area contributed by atoms with E-state index in [1.54, 1.807) is 18.2 Å². The number of piperidine rings is 1. The van der Waals surface area contributed by atoms with Gasteiger partial charge in [-0.15, -0.1) is 0 Å². The van der Waals surface area contributed by atoms with Crippen LogP contribution in [0.15, 0.2) is 18.2 Å². The number of fused-ring (bicyclic) bond motifs is 1. The van der Waals surface area contributed by atoms with Crippen LogP contribution in [0.1, 0.15) is 35.2 Å². The fraction of sp³-hybridized carbons (Fsp3) is 0.688. The van der Waals surface area contributed by atoms with Gasteiger partial charge in [0.1, 0.15) is 6.04 Å². The molecule has 0 aliphatic carbocycles. The van der Waals surface area contributed by atoms with Crippen molar-refractivity contribution in [2.45, 2.75) is 31.8 Å². The summed E-state index contributed by atoms with van der Waals surface area (Å²) in [6, 6.07) is 4.38. The first-order valence-electron chi connectivity index (χ1n) is 16.5. The second-order valence-corrected chi connectivity index (χ2v) is 11.3. The molecule has 1 unspecified atom stereocenters. The quantitative estimate of drug-likeness (QED) is 0.104. The van der Waals surface area contributed by atoms with Crippen molar-refractivity contribution in [2.24, 2.45) is 0 Å². The molecule has 0 spiro atoms. The Morgan fingerprint density at radius 2 is 1.36 bits per heavy atom. The van der Waals surface area contributed by atoms with Crippen molar-refractivity contribution in [3.05, 3.63) is 29.3 Å². The lowest BCUT2D eigenvalue weighted by Crippen LogP contribution is -2.52. The van der Waals surface area contributed by atoms with Gasteiger partial charge in [0.15, 0.2) is 0 Å². The number of benzene rings is 1. The molecule has 3 aliphatic heterocycles. The highest BCUT2D eigenvalue weighted by atomic mass is 16.6.